The van der Waals surface area contributed by atoms with Gasteiger partial charge in [-0.2, -0.15) is 0 Å². The maximum absolute atomic E-state index is 12.8. The zero-order chi connectivity index (χ0) is 20.4. The normalized spacial score (nSPS) is 15.8. The number of esters is 1. The van der Waals surface area contributed by atoms with Crippen molar-refractivity contribution in [1.29, 1.82) is 0 Å². The standard InChI is InChI=1S/C24H22ClNO3/c1-15-22-20(13-18(14-21(22)27)17-7-9-19(25)10-8-17)26-23(15)24(28)29-12-11-16-5-3-2-4-6-16/h2-10,18,26H,11-14H2,1H3/t18-/m1/s1. The number of carbonyl (C=O) groups excluding carboxylic acids is 2. The van der Waals surface area contributed by atoms with Crippen molar-refractivity contribution in [2.45, 2.75) is 32.1 Å². The summed E-state index contributed by atoms with van der Waals surface area (Å²) in [4.78, 5) is 28.6. The van der Waals surface area contributed by atoms with Gasteiger partial charge in [-0.1, -0.05) is 54.1 Å². The number of benzene rings is 2. The predicted molar refractivity (Wildman–Crippen MR) is 113 cm³/mol. The highest BCUT2D eigenvalue weighted by Gasteiger charge is 2.32. The average molecular weight is 408 g/mol. The van der Waals surface area contributed by atoms with Crippen LogP contribution in [0.1, 0.15) is 55.6 Å². The Morgan fingerprint density at radius 3 is 2.55 bits per heavy atom. The quantitative estimate of drug-likeness (QED) is 0.584. The number of H-pyrrole nitrogens is 1. The first kappa shape index (κ1) is 19.5. The minimum absolute atomic E-state index is 0.0586. The van der Waals surface area contributed by atoms with Crippen LogP contribution in [0.4, 0.5) is 0 Å². The van der Waals surface area contributed by atoms with E-state index in [9.17, 15) is 9.59 Å². The van der Waals surface area contributed by atoms with Crippen molar-refractivity contribution >= 4 is 23.4 Å². The third kappa shape index (κ3) is 4.13. The molecule has 1 heterocycles. The van der Waals surface area contributed by atoms with Gasteiger partial charge in [-0.05, 0) is 48.1 Å². The summed E-state index contributed by atoms with van der Waals surface area (Å²) in [6.07, 6.45) is 1.76. The number of halogens is 1. The highest BCUT2D eigenvalue weighted by atomic mass is 35.5. The van der Waals surface area contributed by atoms with Gasteiger partial charge in [0.1, 0.15) is 5.69 Å². The Bertz CT molecular complexity index is 1040. The molecule has 0 radical (unpaired) electrons. The maximum atomic E-state index is 12.8. The molecule has 1 aromatic heterocycles. The van der Waals surface area contributed by atoms with Crippen LogP contribution in [0, 0.1) is 6.92 Å². The van der Waals surface area contributed by atoms with E-state index in [2.05, 4.69) is 4.98 Å². The average Bonchev–Trinajstić information content (AvgIpc) is 3.06. The molecule has 0 saturated carbocycles. The van der Waals surface area contributed by atoms with Crippen LogP contribution in [0.15, 0.2) is 54.6 Å². The van der Waals surface area contributed by atoms with E-state index in [1.165, 1.54) is 0 Å². The molecule has 4 nitrogen and oxygen atoms in total. The monoisotopic (exact) mass is 407 g/mol. The molecule has 1 aliphatic rings. The Labute approximate surface area is 174 Å². The summed E-state index contributed by atoms with van der Waals surface area (Å²) in [5.74, 6) is -0.278. The molecular formula is C24H22ClNO3. The number of ketones is 1. The van der Waals surface area contributed by atoms with Crippen LogP contribution in [0.5, 0.6) is 0 Å². The lowest BCUT2D eigenvalue weighted by Crippen LogP contribution is -2.18. The van der Waals surface area contributed by atoms with Crippen LogP contribution in [-0.2, 0) is 17.6 Å². The van der Waals surface area contributed by atoms with Crippen molar-refractivity contribution in [3.63, 3.8) is 0 Å². The smallest absolute Gasteiger partial charge is 0.355 e. The van der Waals surface area contributed by atoms with Gasteiger partial charge in [-0.15, -0.1) is 0 Å². The van der Waals surface area contributed by atoms with Crippen molar-refractivity contribution in [3.8, 4) is 0 Å². The molecule has 148 valence electrons. The van der Waals surface area contributed by atoms with E-state index in [1.54, 1.807) is 0 Å². The van der Waals surface area contributed by atoms with E-state index in [-0.39, 0.29) is 11.7 Å². The van der Waals surface area contributed by atoms with Gasteiger partial charge in [0.05, 0.1) is 6.61 Å². The Morgan fingerprint density at radius 2 is 1.83 bits per heavy atom. The molecule has 5 heteroatoms. The van der Waals surface area contributed by atoms with Crippen LogP contribution in [0.3, 0.4) is 0 Å². The summed E-state index contributed by atoms with van der Waals surface area (Å²) in [5, 5.41) is 0.674. The van der Waals surface area contributed by atoms with E-state index < -0.39 is 5.97 Å². The van der Waals surface area contributed by atoms with Crippen LogP contribution in [-0.4, -0.2) is 23.3 Å². The molecule has 0 amide bonds. The van der Waals surface area contributed by atoms with Crippen LogP contribution in [0.2, 0.25) is 5.02 Å². The molecule has 3 aromatic rings. The molecule has 0 fully saturated rings. The Morgan fingerprint density at radius 1 is 1.10 bits per heavy atom. The maximum Gasteiger partial charge on any atom is 0.355 e. The third-order valence-electron chi connectivity index (χ3n) is 5.50. The van der Waals surface area contributed by atoms with E-state index in [1.807, 2.05) is 61.5 Å². The highest BCUT2D eigenvalue weighted by Crippen LogP contribution is 2.35. The lowest BCUT2D eigenvalue weighted by Gasteiger charge is -2.22. The number of rotatable bonds is 5. The second-order valence-corrected chi connectivity index (χ2v) is 7.87. The Hall–Kier alpha value is -2.85. The molecule has 0 saturated heterocycles. The molecule has 0 unspecified atom stereocenters. The number of nitrogens with one attached hydrogen (secondary N) is 1. The number of ether oxygens (including phenoxy) is 1. The molecule has 1 atom stereocenters. The molecule has 4 rings (SSSR count). The number of hydrogen-bond donors (Lipinski definition) is 1. The summed E-state index contributed by atoms with van der Waals surface area (Å²) >= 11 is 5.98. The first-order valence-corrected chi connectivity index (χ1v) is 10.1. The zero-order valence-electron chi connectivity index (χ0n) is 16.2. The SMILES string of the molecule is Cc1c(C(=O)OCCc2ccccc2)[nH]c2c1C(=O)C[C@H](c1ccc(Cl)cc1)C2. The summed E-state index contributed by atoms with van der Waals surface area (Å²) < 4.78 is 5.45. The van der Waals surface area contributed by atoms with Crippen LogP contribution >= 0.6 is 11.6 Å². The molecule has 0 aliphatic heterocycles. The number of aromatic amines is 1. The van der Waals surface area contributed by atoms with Gasteiger partial charge in [0.15, 0.2) is 5.78 Å². The fraction of sp³-hybridized carbons (Fsp3) is 0.250. The third-order valence-corrected chi connectivity index (χ3v) is 5.75. The first-order chi connectivity index (χ1) is 14.0. The molecule has 0 spiro atoms. The molecule has 1 N–H and O–H groups in total. The lowest BCUT2D eigenvalue weighted by molar-refractivity contribution is 0.0502. The van der Waals surface area contributed by atoms with Crippen molar-refractivity contribution < 1.29 is 14.3 Å². The van der Waals surface area contributed by atoms with Gasteiger partial charge in [-0.25, -0.2) is 4.79 Å². The minimum atomic E-state index is -0.413. The topological polar surface area (TPSA) is 59.2 Å². The van der Waals surface area contributed by atoms with Crippen molar-refractivity contribution in [2.75, 3.05) is 6.61 Å². The molecule has 29 heavy (non-hydrogen) atoms. The predicted octanol–water partition coefficient (Wildman–Crippen LogP) is 5.29. The number of aromatic nitrogens is 1. The van der Waals surface area contributed by atoms with E-state index in [4.69, 9.17) is 16.3 Å². The first-order valence-electron chi connectivity index (χ1n) is 9.74. The largest absolute Gasteiger partial charge is 0.461 e. The summed E-state index contributed by atoms with van der Waals surface area (Å²) in [5.41, 5.74) is 4.72. The summed E-state index contributed by atoms with van der Waals surface area (Å²) in [6.45, 7) is 2.11. The van der Waals surface area contributed by atoms with Gasteiger partial charge >= 0.3 is 5.97 Å². The van der Waals surface area contributed by atoms with Crippen molar-refractivity contribution in [2.24, 2.45) is 0 Å². The molecular weight excluding hydrogens is 386 g/mol. The van der Waals surface area contributed by atoms with Crippen LogP contribution < -0.4 is 0 Å². The number of carbonyl (C=O) groups is 2. The Kier molecular flexibility index (Phi) is 5.54. The Balaban J connectivity index is 1.48. The summed E-state index contributed by atoms with van der Waals surface area (Å²) in [6, 6.07) is 17.5. The van der Waals surface area contributed by atoms with Gasteiger partial charge in [0.25, 0.3) is 0 Å². The van der Waals surface area contributed by atoms with Gasteiger partial charge in [0, 0.05) is 29.1 Å². The molecule has 0 bridgehead atoms. The second-order valence-electron chi connectivity index (χ2n) is 7.43. The van der Waals surface area contributed by atoms with E-state index in [0.717, 1.165) is 16.8 Å². The van der Waals surface area contributed by atoms with E-state index >= 15 is 0 Å². The molecule has 2 aromatic carbocycles. The number of fused-ring (bicyclic) bond motifs is 1. The number of hydrogen-bond acceptors (Lipinski definition) is 3. The van der Waals surface area contributed by atoms with Gasteiger partial charge in [-0.3, -0.25) is 4.79 Å². The van der Waals surface area contributed by atoms with Gasteiger partial charge < -0.3 is 9.72 Å². The fourth-order valence-corrected chi connectivity index (χ4v) is 4.11. The van der Waals surface area contributed by atoms with Crippen molar-refractivity contribution in [3.05, 3.63) is 93.3 Å². The van der Waals surface area contributed by atoms with Gasteiger partial charge in [0.2, 0.25) is 0 Å². The highest BCUT2D eigenvalue weighted by molar-refractivity contribution is 6.30. The number of Topliss-reactive ketones (excluding diaryl/α,β-unsaturated/α-hetero) is 1. The minimum Gasteiger partial charge on any atom is -0.461 e. The van der Waals surface area contributed by atoms with E-state index in [0.29, 0.717) is 47.7 Å². The summed E-state index contributed by atoms with van der Waals surface area (Å²) in [7, 11) is 0. The van der Waals surface area contributed by atoms with Crippen molar-refractivity contribution in [1.82, 2.24) is 4.98 Å². The zero-order valence-corrected chi connectivity index (χ0v) is 17.0. The lowest BCUT2D eigenvalue weighted by atomic mass is 9.81. The second kappa shape index (κ2) is 8.26. The fourth-order valence-electron chi connectivity index (χ4n) is 3.99. The molecule has 1 aliphatic carbocycles. The van der Waals surface area contributed by atoms with Crippen LogP contribution in [0.25, 0.3) is 0 Å².